The van der Waals surface area contributed by atoms with E-state index in [0.717, 1.165) is 6.42 Å². The van der Waals surface area contributed by atoms with Crippen LogP contribution in [0.1, 0.15) is 30.6 Å². The van der Waals surface area contributed by atoms with E-state index in [9.17, 15) is 20.0 Å². The molecule has 1 aliphatic carbocycles. The first kappa shape index (κ1) is 14.8. The van der Waals surface area contributed by atoms with Gasteiger partial charge in [-0.25, -0.2) is 0 Å². The predicted octanol–water partition coefficient (Wildman–Crippen LogP) is 1.84. The zero-order valence-corrected chi connectivity index (χ0v) is 12.4. The van der Waals surface area contributed by atoms with Crippen LogP contribution in [0.15, 0.2) is 18.2 Å². The number of hydrogen-bond donors (Lipinski definition) is 2. The number of rotatable bonds is 3. The van der Waals surface area contributed by atoms with Crippen LogP contribution in [-0.2, 0) is 4.74 Å². The van der Waals surface area contributed by atoms with Gasteiger partial charge in [-0.15, -0.1) is 0 Å². The number of phenols is 1. The summed E-state index contributed by atoms with van der Waals surface area (Å²) in [7, 11) is 0. The van der Waals surface area contributed by atoms with Crippen LogP contribution in [0, 0.1) is 21.4 Å². The van der Waals surface area contributed by atoms with Gasteiger partial charge in [-0.3, -0.25) is 14.9 Å². The number of phenolic OH excluding ortho intramolecular Hbond substituents is 1. The lowest BCUT2D eigenvalue weighted by Crippen LogP contribution is -2.66. The minimum absolute atomic E-state index is 0.0637. The molecule has 7 heteroatoms. The van der Waals surface area contributed by atoms with Crippen molar-refractivity contribution in [2.75, 3.05) is 6.61 Å². The Morgan fingerprint density at radius 2 is 2.23 bits per heavy atom. The van der Waals surface area contributed by atoms with Crippen molar-refractivity contribution in [3.8, 4) is 5.75 Å². The van der Waals surface area contributed by atoms with Crippen molar-refractivity contribution in [1.29, 1.82) is 0 Å². The lowest BCUT2D eigenvalue weighted by Gasteiger charge is -2.54. The summed E-state index contributed by atoms with van der Waals surface area (Å²) in [6.45, 7) is 4.74. The Labute approximate surface area is 127 Å². The second kappa shape index (κ2) is 4.95. The predicted molar refractivity (Wildman–Crippen MR) is 77.6 cm³/mol. The highest BCUT2D eigenvalue weighted by Crippen LogP contribution is 2.52. The second-order valence-corrected chi connectivity index (χ2v) is 6.45. The van der Waals surface area contributed by atoms with E-state index in [-0.39, 0.29) is 29.0 Å². The fourth-order valence-corrected chi connectivity index (χ4v) is 3.70. The third-order valence-corrected chi connectivity index (χ3v) is 4.84. The van der Waals surface area contributed by atoms with Crippen LogP contribution in [0.3, 0.4) is 0 Å². The van der Waals surface area contributed by atoms with E-state index in [1.807, 2.05) is 13.8 Å². The van der Waals surface area contributed by atoms with E-state index in [1.54, 1.807) is 0 Å². The topological polar surface area (TPSA) is 102 Å². The number of carbonyl (C=O) groups excluding carboxylic acids is 1. The SMILES string of the molecule is CC1(C)[C@H](NC(=O)c2cccc([N+](=O)[O-])c2O)[C@H]2CCO[C@@H]21. The molecule has 3 rings (SSSR count). The number of benzene rings is 1. The summed E-state index contributed by atoms with van der Waals surface area (Å²) < 4.78 is 5.67. The highest BCUT2D eigenvalue weighted by molar-refractivity contribution is 5.98. The number of hydrogen-bond acceptors (Lipinski definition) is 5. The second-order valence-electron chi connectivity index (χ2n) is 6.45. The van der Waals surface area contributed by atoms with Gasteiger partial charge in [0.05, 0.1) is 16.6 Å². The van der Waals surface area contributed by atoms with Crippen molar-refractivity contribution in [3.05, 3.63) is 33.9 Å². The summed E-state index contributed by atoms with van der Waals surface area (Å²) >= 11 is 0. The summed E-state index contributed by atoms with van der Waals surface area (Å²) in [5.41, 5.74) is -0.734. The maximum atomic E-state index is 12.4. The monoisotopic (exact) mass is 306 g/mol. The van der Waals surface area contributed by atoms with Gasteiger partial charge in [0.2, 0.25) is 5.75 Å². The molecular formula is C15H18N2O5. The van der Waals surface area contributed by atoms with Crippen LogP contribution < -0.4 is 5.32 Å². The number of fused-ring (bicyclic) bond motifs is 1. The Morgan fingerprint density at radius 3 is 2.91 bits per heavy atom. The van der Waals surface area contributed by atoms with Crippen LogP contribution in [0.5, 0.6) is 5.75 Å². The van der Waals surface area contributed by atoms with E-state index >= 15 is 0 Å². The Bertz CT molecular complexity index is 643. The first-order chi connectivity index (χ1) is 10.3. The average molecular weight is 306 g/mol. The number of nitro groups is 1. The number of nitro benzene ring substituents is 1. The average Bonchev–Trinajstić information content (AvgIpc) is 2.91. The van der Waals surface area contributed by atoms with Gasteiger partial charge in [0, 0.05) is 30.0 Å². The molecule has 22 heavy (non-hydrogen) atoms. The summed E-state index contributed by atoms with van der Waals surface area (Å²) in [6, 6.07) is 3.87. The highest BCUT2D eigenvalue weighted by Gasteiger charge is 2.59. The lowest BCUT2D eigenvalue weighted by molar-refractivity contribution is -0.385. The van der Waals surface area contributed by atoms with Crippen molar-refractivity contribution in [3.63, 3.8) is 0 Å². The van der Waals surface area contributed by atoms with Crippen molar-refractivity contribution in [1.82, 2.24) is 5.32 Å². The summed E-state index contributed by atoms with van der Waals surface area (Å²) in [5, 5.41) is 23.7. The molecule has 1 heterocycles. The van der Waals surface area contributed by atoms with Crippen LogP contribution in [0.4, 0.5) is 5.69 Å². The quantitative estimate of drug-likeness (QED) is 0.655. The first-order valence-electron chi connectivity index (χ1n) is 7.23. The third-order valence-electron chi connectivity index (χ3n) is 4.84. The lowest BCUT2D eigenvalue weighted by atomic mass is 9.57. The molecule has 118 valence electrons. The molecule has 0 radical (unpaired) electrons. The van der Waals surface area contributed by atoms with Gasteiger partial charge < -0.3 is 15.2 Å². The smallest absolute Gasteiger partial charge is 0.311 e. The van der Waals surface area contributed by atoms with Crippen molar-refractivity contribution < 1.29 is 19.6 Å². The van der Waals surface area contributed by atoms with E-state index in [0.29, 0.717) is 6.61 Å². The molecule has 0 spiro atoms. The molecule has 0 bridgehead atoms. The normalized spacial score (nSPS) is 28.5. The number of aromatic hydroxyl groups is 1. The maximum Gasteiger partial charge on any atom is 0.311 e. The first-order valence-corrected chi connectivity index (χ1v) is 7.23. The molecule has 2 N–H and O–H groups in total. The minimum Gasteiger partial charge on any atom is -0.502 e. The van der Waals surface area contributed by atoms with Crippen molar-refractivity contribution in [2.45, 2.75) is 32.4 Å². The van der Waals surface area contributed by atoms with Crippen molar-refractivity contribution in [2.24, 2.45) is 11.3 Å². The number of amides is 1. The Kier molecular flexibility index (Phi) is 3.32. The van der Waals surface area contributed by atoms with Gasteiger partial charge in [-0.05, 0) is 12.5 Å². The minimum atomic E-state index is -0.708. The molecule has 2 aliphatic rings. The molecule has 0 aromatic heterocycles. The third kappa shape index (κ3) is 2.04. The Balaban J connectivity index is 1.81. The van der Waals surface area contributed by atoms with E-state index < -0.39 is 22.3 Å². The Hall–Kier alpha value is -2.15. The van der Waals surface area contributed by atoms with Crippen LogP contribution in [0.2, 0.25) is 0 Å². The van der Waals surface area contributed by atoms with Gasteiger partial charge in [-0.1, -0.05) is 19.9 Å². The summed E-state index contributed by atoms with van der Waals surface area (Å²) in [5.74, 6) is -0.828. The van der Waals surface area contributed by atoms with E-state index in [1.165, 1.54) is 18.2 Å². The van der Waals surface area contributed by atoms with Gasteiger partial charge in [0.15, 0.2) is 0 Å². The number of para-hydroxylation sites is 1. The molecule has 1 aromatic rings. The standard InChI is InChI=1S/C15H18N2O5/c1-15(2)12(9-6-7-22-13(9)15)16-14(19)8-4-3-5-10(11(8)18)17(20)21/h3-5,9,12-13,18H,6-7H2,1-2H3,(H,16,19)/t9-,12-,13+/m1/s1. The fraction of sp³-hybridized carbons (Fsp3) is 0.533. The number of nitrogens with one attached hydrogen (secondary N) is 1. The number of nitrogens with zero attached hydrogens (tertiary/aromatic N) is 1. The van der Waals surface area contributed by atoms with E-state index in [4.69, 9.17) is 4.74 Å². The van der Waals surface area contributed by atoms with Crippen LogP contribution >= 0.6 is 0 Å². The molecule has 1 amide bonds. The molecule has 3 atom stereocenters. The fourth-order valence-electron chi connectivity index (χ4n) is 3.70. The summed E-state index contributed by atoms with van der Waals surface area (Å²) in [6.07, 6.45) is 1.02. The van der Waals surface area contributed by atoms with E-state index in [2.05, 4.69) is 5.32 Å². The number of carbonyl (C=O) groups is 1. The van der Waals surface area contributed by atoms with Crippen LogP contribution in [-0.4, -0.2) is 34.7 Å². The maximum absolute atomic E-state index is 12.4. The van der Waals surface area contributed by atoms with Gasteiger partial charge in [0.1, 0.15) is 0 Å². The largest absolute Gasteiger partial charge is 0.502 e. The van der Waals surface area contributed by atoms with Crippen LogP contribution in [0.25, 0.3) is 0 Å². The molecule has 2 fully saturated rings. The molecule has 1 saturated carbocycles. The summed E-state index contributed by atoms with van der Waals surface area (Å²) in [4.78, 5) is 22.5. The zero-order chi connectivity index (χ0) is 16.1. The molecular weight excluding hydrogens is 288 g/mol. The van der Waals surface area contributed by atoms with Gasteiger partial charge >= 0.3 is 5.69 Å². The van der Waals surface area contributed by atoms with Crippen molar-refractivity contribution >= 4 is 11.6 Å². The molecule has 0 unspecified atom stereocenters. The Morgan fingerprint density at radius 1 is 1.50 bits per heavy atom. The molecule has 1 aliphatic heterocycles. The molecule has 1 aromatic carbocycles. The molecule has 1 saturated heterocycles. The van der Waals surface area contributed by atoms with Gasteiger partial charge in [-0.2, -0.15) is 0 Å². The molecule has 7 nitrogen and oxygen atoms in total. The highest BCUT2D eigenvalue weighted by atomic mass is 16.6. The van der Waals surface area contributed by atoms with Gasteiger partial charge in [0.25, 0.3) is 5.91 Å². The number of ether oxygens (including phenoxy) is 1. The zero-order valence-electron chi connectivity index (χ0n) is 12.4.